The zero-order valence-corrected chi connectivity index (χ0v) is 14.6. The maximum Gasteiger partial charge on any atom is 0.254 e. The molecule has 2 aromatic rings. The third kappa shape index (κ3) is 3.27. The Hall–Kier alpha value is -2.33. The number of fused-ring (bicyclic) bond motifs is 1. The van der Waals surface area contributed by atoms with E-state index in [0.717, 1.165) is 55.9 Å². The van der Waals surface area contributed by atoms with E-state index in [4.69, 9.17) is 4.74 Å². The monoisotopic (exact) mass is 336 g/mol. The largest absolute Gasteiger partial charge is 0.497 e. The van der Waals surface area contributed by atoms with Crippen LogP contribution in [0.15, 0.2) is 48.5 Å². The second kappa shape index (κ2) is 6.89. The van der Waals surface area contributed by atoms with Crippen molar-refractivity contribution in [3.05, 3.63) is 65.2 Å². The minimum absolute atomic E-state index is 0.176. The van der Waals surface area contributed by atoms with Gasteiger partial charge in [0.25, 0.3) is 5.91 Å². The van der Waals surface area contributed by atoms with Gasteiger partial charge in [0.15, 0.2) is 0 Å². The Balaban J connectivity index is 1.43. The Morgan fingerprint density at radius 1 is 1.12 bits per heavy atom. The van der Waals surface area contributed by atoms with Crippen LogP contribution in [0.1, 0.15) is 27.9 Å². The molecule has 2 heterocycles. The lowest BCUT2D eigenvalue weighted by Gasteiger charge is -2.33. The molecule has 0 N–H and O–H groups in total. The summed E-state index contributed by atoms with van der Waals surface area (Å²) in [7, 11) is 1.67. The summed E-state index contributed by atoms with van der Waals surface area (Å²) >= 11 is 0. The molecule has 1 unspecified atom stereocenters. The number of amides is 1. The number of ether oxygens (including phenoxy) is 1. The van der Waals surface area contributed by atoms with Gasteiger partial charge in [-0.3, -0.25) is 9.69 Å². The van der Waals surface area contributed by atoms with Gasteiger partial charge in [0.2, 0.25) is 0 Å². The normalized spacial score (nSPS) is 20.6. The number of nitrogens with zero attached hydrogens (tertiary/aromatic N) is 2. The van der Waals surface area contributed by atoms with Crippen LogP contribution in [0.5, 0.6) is 5.75 Å². The first kappa shape index (κ1) is 16.2. The number of hydrogen-bond acceptors (Lipinski definition) is 3. The maximum atomic E-state index is 12.9. The molecule has 4 heteroatoms. The molecule has 0 spiro atoms. The lowest BCUT2D eigenvalue weighted by Crippen LogP contribution is -2.45. The number of hydrogen-bond donors (Lipinski definition) is 0. The molecule has 1 fully saturated rings. The van der Waals surface area contributed by atoms with Crippen molar-refractivity contribution in [2.24, 2.45) is 0 Å². The molecule has 1 amide bonds. The van der Waals surface area contributed by atoms with Crippen molar-refractivity contribution >= 4 is 5.91 Å². The van der Waals surface area contributed by atoms with Crippen LogP contribution >= 0.6 is 0 Å². The molecule has 2 aliphatic rings. The van der Waals surface area contributed by atoms with Crippen LogP contribution in [0.2, 0.25) is 0 Å². The molecular formula is C21H24N2O2. The van der Waals surface area contributed by atoms with Gasteiger partial charge < -0.3 is 9.64 Å². The lowest BCUT2D eigenvalue weighted by atomic mass is 9.97. The third-order valence-corrected chi connectivity index (χ3v) is 5.36. The highest BCUT2D eigenvalue weighted by atomic mass is 16.5. The Kier molecular flexibility index (Phi) is 4.45. The van der Waals surface area contributed by atoms with Gasteiger partial charge in [0.05, 0.1) is 7.11 Å². The predicted octanol–water partition coefficient (Wildman–Crippen LogP) is 2.97. The van der Waals surface area contributed by atoms with E-state index in [-0.39, 0.29) is 5.91 Å². The number of likely N-dealkylation sites (tertiary alicyclic amines) is 1. The Morgan fingerprint density at radius 2 is 1.96 bits per heavy atom. The van der Waals surface area contributed by atoms with E-state index >= 15 is 0 Å². The Labute approximate surface area is 149 Å². The summed E-state index contributed by atoms with van der Waals surface area (Å²) in [6.45, 7) is 3.79. The second-order valence-electron chi connectivity index (χ2n) is 6.93. The van der Waals surface area contributed by atoms with Crippen LogP contribution in [0.3, 0.4) is 0 Å². The van der Waals surface area contributed by atoms with Crippen molar-refractivity contribution in [1.29, 1.82) is 0 Å². The van der Waals surface area contributed by atoms with E-state index in [1.807, 2.05) is 18.2 Å². The fraction of sp³-hybridized carbons (Fsp3) is 0.381. The number of carbonyl (C=O) groups is 1. The van der Waals surface area contributed by atoms with Gasteiger partial charge >= 0.3 is 0 Å². The molecule has 1 saturated heterocycles. The van der Waals surface area contributed by atoms with Crippen LogP contribution in [0.4, 0.5) is 0 Å². The van der Waals surface area contributed by atoms with E-state index < -0.39 is 0 Å². The van der Waals surface area contributed by atoms with E-state index in [0.29, 0.717) is 6.04 Å². The van der Waals surface area contributed by atoms with Gasteiger partial charge in [-0.25, -0.2) is 0 Å². The molecule has 4 nitrogen and oxygen atoms in total. The molecule has 4 rings (SSSR count). The first-order valence-electron chi connectivity index (χ1n) is 8.99. The number of carbonyl (C=O) groups excluding carboxylic acids is 1. The third-order valence-electron chi connectivity index (χ3n) is 5.36. The molecule has 25 heavy (non-hydrogen) atoms. The van der Waals surface area contributed by atoms with Gasteiger partial charge in [-0.05, 0) is 42.2 Å². The van der Waals surface area contributed by atoms with Gasteiger partial charge in [-0.15, -0.1) is 0 Å². The van der Waals surface area contributed by atoms with Gasteiger partial charge in [0, 0.05) is 37.8 Å². The van der Waals surface area contributed by atoms with Crippen LogP contribution in [-0.2, 0) is 13.0 Å². The molecule has 0 saturated carbocycles. The average molecular weight is 336 g/mol. The molecule has 0 aliphatic carbocycles. The van der Waals surface area contributed by atoms with E-state index in [1.165, 1.54) is 5.56 Å². The average Bonchev–Trinajstić information content (AvgIpc) is 3.10. The first-order valence-corrected chi connectivity index (χ1v) is 8.99. The molecule has 2 aromatic carbocycles. The SMILES string of the molecule is COc1ccc2c(c1)CCN(C1CCN(Cc3ccccc3)C1)C2=O. The van der Waals surface area contributed by atoms with Crippen molar-refractivity contribution in [2.75, 3.05) is 26.7 Å². The lowest BCUT2D eigenvalue weighted by molar-refractivity contribution is 0.0663. The standard InChI is InChI=1S/C21H24N2O2/c1-25-19-7-8-20-17(13-19)9-12-23(21(20)24)18-10-11-22(15-18)14-16-5-3-2-4-6-16/h2-8,13,18H,9-12,14-15H2,1H3. The molecular weight excluding hydrogens is 312 g/mol. The summed E-state index contributed by atoms with van der Waals surface area (Å²) in [6, 6.07) is 16.7. The van der Waals surface area contributed by atoms with Crippen molar-refractivity contribution in [3.63, 3.8) is 0 Å². The van der Waals surface area contributed by atoms with Gasteiger partial charge in [0.1, 0.15) is 5.75 Å². The second-order valence-corrected chi connectivity index (χ2v) is 6.93. The summed E-state index contributed by atoms with van der Waals surface area (Å²) in [5.41, 5.74) is 3.29. The van der Waals surface area contributed by atoms with E-state index in [9.17, 15) is 4.79 Å². The van der Waals surface area contributed by atoms with E-state index in [2.05, 4.69) is 40.1 Å². The van der Waals surface area contributed by atoms with Crippen LogP contribution < -0.4 is 4.74 Å². The highest BCUT2D eigenvalue weighted by Gasteiger charge is 2.34. The highest BCUT2D eigenvalue weighted by molar-refractivity contribution is 5.97. The molecule has 0 aromatic heterocycles. The summed E-state index contributed by atoms with van der Waals surface area (Å²) in [5.74, 6) is 1.00. The minimum Gasteiger partial charge on any atom is -0.497 e. The van der Waals surface area contributed by atoms with Crippen molar-refractivity contribution in [1.82, 2.24) is 9.80 Å². The zero-order chi connectivity index (χ0) is 17.2. The first-order chi connectivity index (χ1) is 12.2. The predicted molar refractivity (Wildman–Crippen MR) is 97.9 cm³/mol. The number of benzene rings is 2. The quantitative estimate of drug-likeness (QED) is 0.860. The summed E-state index contributed by atoms with van der Waals surface area (Å²) < 4.78 is 5.28. The van der Waals surface area contributed by atoms with Crippen molar-refractivity contribution < 1.29 is 9.53 Å². The number of rotatable bonds is 4. The van der Waals surface area contributed by atoms with Crippen LogP contribution in [0.25, 0.3) is 0 Å². The van der Waals surface area contributed by atoms with Crippen LogP contribution in [0, 0.1) is 0 Å². The molecule has 0 radical (unpaired) electrons. The van der Waals surface area contributed by atoms with Crippen molar-refractivity contribution in [2.45, 2.75) is 25.4 Å². The molecule has 1 atom stereocenters. The van der Waals surface area contributed by atoms with E-state index in [1.54, 1.807) is 7.11 Å². The fourth-order valence-corrected chi connectivity index (χ4v) is 4.01. The van der Waals surface area contributed by atoms with Gasteiger partial charge in [-0.1, -0.05) is 30.3 Å². The summed E-state index contributed by atoms with van der Waals surface area (Å²) in [5, 5.41) is 0. The maximum absolute atomic E-state index is 12.9. The Bertz CT molecular complexity index is 760. The Morgan fingerprint density at radius 3 is 2.76 bits per heavy atom. The molecule has 2 aliphatic heterocycles. The minimum atomic E-state index is 0.176. The summed E-state index contributed by atoms with van der Waals surface area (Å²) in [6.07, 6.45) is 1.97. The fourth-order valence-electron chi connectivity index (χ4n) is 4.01. The van der Waals surface area contributed by atoms with Crippen molar-refractivity contribution in [3.8, 4) is 5.75 Å². The topological polar surface area (TPSA) is 32.8 Å². The van der Waals surface area contributed by atoms with Crippen LogP contribution in [-0.4, -0.2) is 48.5 Å². The highest BCUT2D eigenvalue weighted by Crippen LogP contribution is 2.27. The number of methoxy groups -OCH3 is 1. The van der Waals surface area contributed by atoms with Gasteiger partial charge in [-0.2, -0.15) is 0 Å². The molecule has 0 bridgehead atoms. The zero-order valence-electron chi connectivity index (χ0n) is 14.6. The smallest absolute Gasteiger partial charge is 0.254 e. The summed E-state index contributed by atoms with van der Waals surface area (Å²) in [4.78, 5) is 17.5. The molecule has 130 valence electrons.